The third-order valence-electron chi connectivity index (χ3n) is 3.15. The average Bonchev–Trinajstić information content (AvgIpc) is 2.94. The second-order valence-corrected chi connectivity index (χ2v) is 5.63. The fourth-order valence-corrected chi connectivity index (χ4v) is 2.78. The molecule has 1 aromatic heterocycles. The predicted octanol–water partition coefficient (Wildman–Crippen LogP) is 4.03. The first-order valence-electron chi connectivity index (χ1n) is 7.19. The summed E-state index contributed by atoms with van der Waals surface area (Å²) in [6, 6.07) is 8.15. The number of hydrogen-bond acceptors (Lipinski definition) is 3. The van der Waals surface area contributed by atoms with Crippen LogP contribution in [0.4, 0.5) is 0 Å². The SMILES string of the molecule is CC.Cc1nc(CC(=O)N2C=Cc3ccccc3C2)cs1. The van der Waals surface area contributed by atoms with Crippen LogP contribution in [0.25, 0.3) is 6.08 Å². The Hall–Kier alpha value is -1.94. The van der Waals surface area contributed by atoms with E-state index in [1.807, 2.05) is 50.6 Å². The van der Waals surface area contributed by atoms with Crippen molar-refractivity contribution < 1.29 is 4.79 Å². The maximum Gasteiger partial charge on any atom is 0.232 e. The molecular formula is C17H20N2OS. The number of carbonyl (C=O) groups is 1. The number of rotatable bonds is 2. The molecule has 0 radical (unpaired) electrons. The molecule has 4 heteroatoms. The molecule has 0 saturated carbocycles. The molecule has 3 nitrogen and oxygen atoms in total. The Morgan fingerprint density at radius 3 is 2.81 bits per heavy atom. The van der Waals surface area contributed by atoms with Gasteiger partial charge in [-0.15, -0.1) is 11.3 Å². The Morgan fingerprint density at radius 2 is 2.10 bits per heavy atom. The highest BCUT2D eigenvalue weighted by molar-refractivity contribution is 7.09. The predicted molar refractivity (Wildman–Crippen MR) is 87.9 cm³/mol. The minimum Gasteiger partial charge on any atom is -0.314 e. The standard InChI is InChI=1S/C15H14N2OS.C2H6/c1-11-16-14(10-19-11)8-15(18)17-7-6-12-4-2-3-5-13(12)9-17;1-2/h2-7,10H,8-9H2,1H3;1-2H3. The summed E-state index contributed by atoms with van der Waals surface area (Å²) in [7, 11) is 0. The zero-order chi connectivity index (χ0) is 15.2. The molecule has 21 heavy (non-hydrogen) atoms. The van der Waals surface area contributed by atoms with E-state index < -0.39 is 0 Å². The number of aromatic nitrogens is 1. The van der Waals surface area contributed by atoms with Crippen molar-refractivity contribution in [2.75, 3.05) is 0 Å². The van der Waals surface area contributed by atoms with Crippen LogP contribution in [0.1, 0.15) is 35.7 Å². The molecule has 2 aromatic rings. The lowest BCUT2D eigenvalue weighted by molar-refractivity contribution is -0.128. The number of carbonyl (C=O) groups excluding carboxylic acids is 1. The van der Waals surface area contributed by atoms with Crippen molar-refractivity contribution in [2.24, 2.45) is 0 Å². The minimum absolute atomic E-state index is 0.0936. The van der Waals surface area contributed by atoms with Crippen LogP contribution in [-0.2, 0) is 17.8 Å². The lowest BCUT2D eigenvalue weighted by Crippen LogP contribution is -2.28. The van der Waals surface area contributed by atoms with Crippen molar-refractivity contribution >= 4 is 23.3 Å². The Morgan fingerprint density at radius 1 is 1.33 bits per heavy atom. The van der Waals surface area contributed by atoms with Gasteiger partial charge in [0.25, 0.3) is 0 Å². The zero-order valence-electron chi connectivity index (χ0n) is 12.7. The molecule has 1 amide bonds. The topological polar surface area (TPSA) is 33.2 Å². The quantitative estimate of drug-likeness (QED) is 0.839. The molecular weight excluding hydrogens is 280 g/mol. The van der Waals surface area contributed by atoms with Crippen molar-refractivity contribution in [2.45, 2.75) is 33.7 Å². The Bertz CT molecular complexity index is 646. The van der Waals surface area contributed by atoms with Gasteiger partial charge < -0.3 is 4.90 Å². The van der Waals surface area contributed by atoms with E-state index in [0.717, 1.165) is 10.7 Å². The lowest BCUT2D eigenvalue weighted by atomic mass is 10.0. The van der Waals surface area contributed by atoms with Crippen LogP contribution in [0.5, 0.6) is 0 Å². The molecule has 0 atom stereocenters. The highest BCUT2D eigenvalue weighted by Crippen LogP contribution is 2.20. The van der Waals surface area contributed by atoms with Crippen molar-refractivity contribution in [1.29, 1.82) is 0 Å². The van der Waals surface area contributed by atoms with Crippen LogP contribution in [0.2, 0.25) is 0 Å². The van der Waals surface area contributed by atoms with Crippen molar-refractivity contribution in [3.8, 4) is 0 Å². The van der Waals surface area contributed by atoms with E-state index in [2.05, 4.69) is 17.1 Å². The van der Waals surface area contributed by atoms with E-state index in [1.54, 1.807) is 16.2 Å². The van der Waals surface area contributed by atoms with E-state index >= 15 is 0 Å². The van der Waals surface area contributed by atoms with Crippen molar-refractivity contribution in [3.05, 3.63) is 57.7 Å². The van der Waals surface area contributed by atoms with Gasteiger partial charge in [0.2, 0.25) is 5.91 Å². The number of nitrogens with zero attached hydrogens (tertiary/aromatic N) is 2. The molecule has 0 fully saturated rings. The van der Waals surface area contributed by atoms with E-state index in [9.17, 15) is 4.79 Å². The van der Waals surface area contributed by atoms with E-state index in [0.29, 0.717) is 13.0 Å². The summed E-state index contributed by atoms with van der Waals surface area (Å²) >= 11 is 1.58. The third kappa shape index (κ3) is 3.79. The second-order valence-electron chi connectivity index (χ2n) is 4.57. The molecule has 1 aromatic carbocycles. The van der Waals surface area contributed by atoms with Crippen molar-refractivity contribution in [1.82, 2.24) is 9.88 Å². The van der Waals surface area contributed by atoms with E-state index in [4.69, 9.17) is 0 Å². The molecule has 2 heterocycles. The number of benzene rings is 1. The summed E-state index contributed by atoms with van der Waals surface area (Å²) in [5.41, 5.74) is 3.24. The van der Waals surface area contributed by atoms with Crippen LogP contribution in [0, 0.1) is 6.92 Å². The maximum absolute atomic E-state index is 12.2. The monoisotopic (exact) mass is 300 g/mol. The largest absolute Gasteiger partial charge is 0.314 e. The van der Waals surface area contributed by atoms with Gasteiger partial charge in [-0.3, -0.25) is 4.79 Å². The second kappa shape index (κ2) is 7.18. The van der Waals surface area contributed by atoms with Crippen molar-refractivity contribution in [3.63, 3.8) is 0 Å². The summed E-state index contributed by atoms with van der Waals surface area (Å²) < 4.78 is 0. The molecule has 1 aliphatic rings. The first-order chi connectivity index (χ1) is 10.2. The average molecular weight is 300 g/mol. The minimum atomic E-state index is 0.0936. The summed E-state index contributed by atoms with van der Waals surface area (Å²) in [5.74, 6) is 0.0936. The Labute approximate surface area is 129 Å². The van der Waals surface area contributed by atoms with Gasteiger partial charge in [-0.05, 0) is 24.1 Å². The lowest BCUT2D eigenvalue weighted by Gasteiger charge is -2.23. The molecule has 0 saturated heterocycles. The number of thiazole rings is 1. The molecule has 0 unspecified atom stereocenters. The fraction of sp³-hybridized carbons (Fsp3) is 0.294. The summed E-state index contributed by atoms with van der Waals surface area (Å²) in [4.78, 5) is 18.3. The van der Waals surface area contributed by atoms with Gasteiger partial charge in [-0.2, -0.15) is 0 Å². The van der Waals surface area contributed by atoms with Crippen LogP contribution < -0.4 is 0 Å². The molecule has 110 valence electrons. The number of aryl methyl sites for hydroxylation is 1. The van der Waals surface area contributed by atoms with E-state index in [1.165, 1.54) is 11.1 Å². The van der Waals surface area contributed by atoms with Crippen LogP contribution in [0.15, 0.2) is 35.8 Å². The summed E-state index contributed by atoms with van der Waals surface area (Å²) in [6.07, 6.45) is 4.23. The summed E-state index contributed by atoms with van der Waals surface area (Å²) in [6.45, 7) is 6.60. The van der Waals surface area contributed by atoms with E-state index in [-0.39, 0.29) is 5.91 Å². The van der Waals surface area contributed by atoms with Gasteiger partial charge in [0.15, 0.2) is 0 Å². The highest BCUT2D eigenvalue weighted by atomic mass is 32.1. The van der Waals surface area contributed by atoms with Gasteiger partial charge in [0, 0.05) is 11.6 Å². The van der Waals surface area contributed by atoms with Crippen LogP contribution in [0.3, 0.4) is 0 Å². The molecule has 0 bridgehead atoms. The molecule has 0 spiro atoms. The Balaban J connectivity index is 0.000000774. The highest BCUT2D eigenvalue weighted by Gasteiger charge is 2.17. The zero-order valence-corrected chi connectivity index (χ0v) is 13.5. The first kappa shape index (κ1) is 15.4. The van der Waals surface area contributed by atoms with Gasteiger partial charge in [-0.25, -0.2) is 4.98 Å². The molecule has 1 aliphatic heterocycles. The molecule has 3 rings (SSSR count). The van der Waals surface area contributed by atoms with Gasteiger partial charge in [0.05, 0.1) is 23.7 Å². The maximum atomic E-state index is 12.2. The molecule has 0 N–H and O–H groups in total. The van der Waals surface area contributed by atoms with Gasteiger partial charge >= 0.3 is 0 Å². The number of amides is 1. The first-order valence-corrected chi connectivity index (χ1v) is 8.07. The third-order valence-corrected chi connectivity index (χ3v) is 3.97. The fourth-order valence-electron chi connectivity index (χ4n) is 2.16. The summed E-state index contributed by atoms with van der Waals surface area (Å²) in [5, 5.41) is 2.96. The number of fused-ring (bicyclic) bond motifs is 1. The number of hydrogen-bond donors (Lipinski definition) is 0. The Kier molecular flexibility index (Phi) is 5.28. The van der Waals surface area contributed by atoms with Crippen LogP contribution >= 0.6 is 11.3 Å². The smallest absolute Gasteiger partial charge is 0.232 e. The van der Waals surface area contributed by atoms with Crippen LogP contribution in [-0.4, -0.2) is 15.8 Å². The van der Waals surface area contributed by atoms with Gasteiger partial charge in [-0.1, -0.05) is 38.1 Å². The normalized spacial score (nSPS) is 12.4. The molecule has 0 aliphatic carbocycles. The van der Waals surface area contributed by atoms with Gasteiger partial charge in [0.1, 0.15) is 0 Å².